The Morgan fingerprint density at radius 2 is 0.688 bits per heavy atom. The Morgan fingerprint density at radius 3 is 1.18 bits per heavy atom. The first-order chi connectivity index (χ1) is 39.1. The summed E-state index contributed by atoms with van der Waals surface area (Å²) in [6.45, 7) is 9.62. The highest BCUT2D eigenvalue weighted by Crippen LogP contribution is 2.54. The average Bonchev–Trinajstić information content (AvgIpc) is 4.02. The summed E-state index contributed by atoms with van der Waals surface area (Å²) in [7, 11) is 0. The van der Waals surface area contributed by atoms with E-state index in [1.54, 1.807) is 0 Å². The lowest BCUT2D eigenvalue weighted by Crippen LogP contribution is -2.15. The molecule has 0 unspecified atom stereocenters. The predicted octanol–water partition coefficient (Wildman–Crippen LogP) is 21.6. The monoisotopic (exact) mass is 1020 g/mol. The number of rotatable bonds is 7. The Hall–Kier alpha value is -9.36. The Kier molecular flexibility index (Phi) is 10.3. The highest BCUT2D eigenvalue weighted by molar-refractivity contribution is 6.08. The standard InChI is InChI=1S/C80H58/c1-79(2)73-45-61(53-21-19-51(20-22-53)49-15-17-50(18-16-49)52-23-27-56(28-24-52)66-14-8-10-55-9-5-6-13-65(55)66)35-40-68(73)70-42-37-63(47-75(70)79)64-38-43-71-69-41-36-62(46-74(69)80(3,4)76(71)48-64)54-25-29-57(30-26-54)67-39-33-60-32-31-58-11-7-12-59-34-44-72(67)78(60)77(58)59/h5-10,12-31,33-48H,11,32H2,1-4H3. The van der Waals surface area contributed by atoms with Crippen molar-refractivity contribution in [2.75, 3.05) is 0 Å². The second-order valence-electron chi connectivity index (χ2n) is 23.9. The van der Waals surface area contributed by atoms with Crippen molar-refractivity contribution < 1.29 is 0 Å². The van der Waals surface area contributed by atoms with Crippen molar-refractivity contribution in [2.45, 2.75) is 51.4 Å². The first kappa shape index (κ1) is 46.7. The molecule has 0 saturated heterocycles. The maximum absolute atomic E-state index is 2.48. The van der Waals surface area contributed by atoms with Crippen LogP contribution in [0.2, 0.25) is 0 Å². The van der Waals surface area contributed by atoms with Crippen molar-refractivity contribution in [2.24, 2.45) is 0 Å². The molecule has 0 heterocycles. The van der Waals surface area contributed by atoms with Gasteiger partial charge in [0, 0.05) is 10.8 Å². The van der Waals surface area contributed by atoms with E-state index in [2.05, 4.69) is 283 Å². The van der Waals surface area contributed by atoms with Crippen LogP contribution in [0.5, 0.6) is 0 Å². The smallest absolute Gasteiger partial charge is 0.0159 e. The van der Waals surface area contributed by atoms with Gasteiger partial charge in [0.05, 0.1) is 0 Å². The molecule has 0 spiro atoms. The highest BCUT2D eigenvalue weighted by atomic mass is 14.4. The van der Waals surface area contributed by atoms with Crippen LogP contribution in [-0.2, 0) is 17.3 Å². The Labute approximate surface area is 469 Å². The zero-order chi connectivity index (χ0) is 53.4. The van der Waals surface area contributed by atoms with Gasteiger partial charge in [0.25, 0.3) is 0 Å². The van der Waals surface area contributed by atoms with Crippen molar-refractivity contribution in [1.29, 1.82) is 0 Å². The highest BCUT2D eigenvalue weighted by Gasteiger charge is 2.38. The molecule has 16 rings (SSSR count). The number of allylic oxidation sites excluding steroid dienone is 3. The van der Waals surface area contributed by atoms with Crippen LogP contribution in [0.3, 0.4) is 0 Å². The van der Waals surface area contributed by atoms with Crippen LogP contribution in [0.25, 0.3) is 133 Å². The summed E-state index contributed by atoms with van der Waals surface area (Å²) in [4.78, 5) is 0. The third kappa shape index (κ3) is 7.21. The second-order valence-corrected chi connectivity index (χ2v) is 23.9. The molecule has 0 amide bonds. The summed E-state index contributed by atoms with van der Waals surface area (Å²) in [5.74, 6) is 0. The van der Waals surface area contributed by atoms with Gasteiger partial charge in [0.2, 0.25) is 0 Å². The second kappa shape index (κ2) is 17.6. The summed E-state index contributed by atoms with van der Waals surface area (Å²) in [5.41, 5.74) is 33.9. The lowest BCUT2D eigenvalue weighted by molar-refractivity contribution is 0.660. The molecule has 0 saturated carbocycles. The molecule has 0 bridgehead atoms. The van der Waals surface area contributed by atoms with Gasteiger partial charge < -0.3 is 0 Å². The molecule has 0 aromatic heterocycles. The summed E-state index contributed by atoms with van der Waals surface area (Å²) in [6, 6.07) is 89.6. The molecule has 0 radical (unpaired) electrons. The maximum atomic E-state index is 2.48. The van der Waals surface area contributed by atoms with Gasteiger partial charge in [-0.2, -0.15) is 0 Å². The van der Waals surface area contributed by atoms with Crippen LogP contribution in [-0.4, -0.2) is 0 Å². The van der Waals surface area contributed by atoms with Crippen molar-refractivity contribution in [3.63, 3.8) is 0 Å². The molecule has 378 valence electrons. The van der Waals surface area contributed by atoms with Gasteiger partial charge >= 0.3 is 0 Å². The normalized spacial score (nSPS) is 14.6. The minimum Gasteiger partial charge on any atom is -0.0795 e. The summed E-state index contributed by atoms with van der Waals surface area (Å²) < 4.78 is 0. The zero-order valence-electron chi connectivity index (χ0n) is 45.7. The fourth-order valence-corrected chi connectivity index (χ4v) is 14.3. The first-order valence-electron chi connectivity index (χ1n) is 28.6. The number of hydrogen-bond donors (Lipinski definition) is 0. The SMILES string of the molecule is CC1(C)c2cc(-c3ccc(-c4ccc(-c5ccc(-c6cccc7ccccc67)cc5)cc4)cc3)ccc2-c2ccc(-c3ccc4c(c3)C(C)(C)c3cc(-c5ccc(-c6ccc7c8c9c(ccc68)C=CCC9=CC7)cc5)ccc3-4)cc21. The minimum atomic E-state index is -0.153. The van der Waals surface area contributed by atoms with E-state index in [9.17, 15) is 0 Å². The van der Waals surface area contributed by atoms with E-state index in [0.29, 0.717) is 0 Å². The van der Waals surface area contributed by atoms with Crippen molar-refractivity contribution in [3.05, 3.63) is 288 Å². The molecule has 12 aromatic carbocycles. The molecule has 0 fully saturated rings. The Balaban J connectivity index is 0.626. The fraction of sp³-hybridized carbons (Fsp3) is 0.100. The number of benzene rings is 12. The molecule has 0 atom stereocenters. The molecule has 4 aliphatic carbocycles. The molecule has 0 N–H and O–H groups in total. The van der Waals surface area contributed by atoms with Crippen molar-refractivity contribution in [3.8, 4) is 100 Å². The summed E-state index contributed by atoms with van der Waals surface area (Å²) in [5, 5.41) is 5.36. The van der Waals surface area contributed by atoms with E-state index in [4.69, 9.17) is 0 Å². The van der Waals surface area contributed by atoms with Gasteiger partial charge in [0.1, 0.15) is 0 Å². The van der Waals surface area contributed by atoms with Crippen LogP contribution in [0.1, 0.15) is 73.1 Å². The van der Waals surface area contributed by atoms with Gasteiger partial charge in [-0.1, -0.05) is 258 Å². The molecule has 0 nitrogen and oxygen atoms in total. The lowest BCUT2D eigenvalue weighted by atomic mass is 9.79. The Morgan fingerprint density at radius 1 is 0.300 bits per heavy atom. The Bertz CT molecular complexity index is 4620. The van der Waals surface area contributed by atoms with Gasteiger partial charge in [-0.05, 0) is 203 Å². The van der Waals surface area contributed by atoms with E-state index in [0.717, 1.165) is 12.8 Å². The van der Waals surface area contributed by atoms with Crippen LogP contribution >= 0.6 is 0 Å². The van der Waals surface area contributed by atoms with Crippen LogP contribution in [0.4, 0.5) is 0 Å². The molecule has 4 aliphatic rings. The van der Waals surface area contributed by atoms with Crippen LogP contribution in [0, 0.1) is 0 Å². The zero-order valence-corrected chi connectivity index (χ0v) is 45.7. The molecule has 80 heavy (non-hydrogen) atoms. The van der Waals surface area contributed by atoms with Gasteiger partial charge in [-0.3, -0.25) is 0 Å². The summed E-state index contributed by atoms with van der Waals surface area (Å²) in [6.07, 6.45) is 9.09. The minimum absolute atomic E-state index is 0.150. The summed E-state index contributed by atoms with van der Waals surface area (Å²) >= 11 is 0. The molecular formula is C80H58. The van der Waals surface area contributed by atoms with E-state index >= 15 is 0 Å². The predicted molar refractivity (Wildman–Crippen MR) is 340 cm³/mol. The van der Waals surface area contributed by atoms with Gasteiger partial charge in [-0.15, -0.1) is 0 Å². The van der Waals surface area contributed by atoms with E-state index < -0.39 is 0 Å². The maximum Gasteiger partial charge on any atom is 0.0159 e. The third-order valence-corrected chi connectivity index (χ3v) is 18.8. The molecule has 0 aliphatic heterocycles. The lowest BCUT2D eigenvalue weighted by Gasteiger charge is -2.24. The van der Waals surface area contributed by atoms with E-state index in [1.807, 2.05) is 0 Å². The average molecular weight is 1020 g/mol. The topological polar surface area (TPSA) is 0 Å². The van der Waals surface area contributed by atoms with E-state index in [1.165, 1.54) is 166 Å². The first-order valence-corrected chi connectivity index (χ1v) is 28.6. The van der Waals surface area contributed by atoms with Crippen LogP contribution in [0.15, 0.2) is 249 Å². The number of hydrogen-bond acceptors (Lipinski definition) is 0. The fourth-order valence-electron chi connectivity index (χ4n) is 14.3. The molecule has 12 aromatic rings. The number of fused-ring (bicyclic) bond motifs is 7. The quantitative estimate of drug-likeness (QED) is 0.149. The van der Waals surface area contributed by atoms with Crippen molar-refractivity contribution in [1.82, 2.24) is 0 Å². The van der Waals surface area contributed by atoms with Gasteiger partial charge in [0.15, 0.2) is 0 Å². The third-order valence-electron chi connectivity index (χ3n) is 18.8. The van der Waals surface area contributed by atoms with Crippen LogP contribution < -0.4 is 0 Å². The largest absolute Gasteiger partial charge is 0.0795 e. The van der Waals surface area contributed by atoms with Gasteiger partial charge in [-0.25, -0.2) is 0 Å². The molecule has 0 heteroatoms. The van der Waals surface area contributed by atoms with E-state index in [-0.39, 0.29) is 10.8 Å². The molecular weight excluding hydrogens is 961 g/mol. The van der Waals surface area contributed by atoms with Crippen molar-refractivity contribution >= 4 is 33.2 Å².